The molecule has 1 saturated heterocycles. The molecule has 0 aromatic heterocycles. The van der Waals surface area contributed by atoms with Gasteiger partial charge in [0.1, 0.15) is 0 Å². The first kappa shape index (κ1) is 13.0. The quantitative estimate of drug-likeness (QED) is 0.918. The average molecular weight is 277 g/mol. The number of aliphatic hydroxyl groups is 1. The lowest BCUT2D eigenvalue weighted by molar-refractivity contribution is -0.129. The first-order valence-corrected chi connectivity index (χ1v) is 7.80. The summed E-state index contributed by atoms with van der Waals surface area (Å²) in [4.78, 5) is 15.8. The van der Waals surface area contributed by atoms with Gasteiger partial charge < -0.3 is 10.0 Å². The van der Waals surface area contributed by atoms with Gasteiger partial charge in [0, 0.05) is 24.6 Å². The number of carbonyl (C=O) groups is 1. The molecule has 3 nitrogen and oxygen atoms in total. The molecule has 1 fully saturated rings. The summed E-state index contributed by atoms with van der Waals surface area (Å²) in [6.45, 7) is 1.92. The van der Waals surface area contributed by atoms with E-state index >= 15 is 0 Å². The van der Waals surface area contributed by atoms with Crippen LogP contribution in [0.25, 0.3) is 0 Å². The van der Waals surface area contributed by atoms with E-state index in [1.807, 2.05) is 17.0 Å². The van der Waals surface area contributed by atoms with Gasteiger partial charge in [0.2, 0.25) is 5.91 Å². The van der Waals surface area contributed by atoms with Crippen molar-refractivity contribution < 1.29 is 9.90 Å². The van der Waals surface area contributed by atoms with E-state index in [0.29, 0.717) is 5.92 Å². The highest BCUT2D eigenvalue weighted by Crippen LogP contribution is 2.38. The third-order valence-electron chi connectivity index (χ3n) is 4.06. The van der Waals surface area contributed by atoms with Crippen molar-refractivity contribution in [3.8, 4) is 0 Å². The van der Waals surface area contributed by atoms with Crippen molar-refractivity contribution in [1.29, 1.82) is 0 Å². The highest BCUT2D eigenvalue weighted by Gasteiger charge is 2.34. The smallest absolute Gasteiger partial charge is 0.236 e. The van der Waals surface area contributed by atoms with Crippen LogP contribution >= 0.6 is 11.8 Å². The summed E-state index contributed by atoms with van der Waals surface area (Å²) >= 11 is 1.71. The van der Waals surface area contributed by atoms with Gasteiger partial charge in [-0.1, -0.05) is 18.2 Å². The van der Waals surface area contributed by atoms with Crippen molar-refractivity contribution in [2.75, 3.05) is 19.7 Å². The molecule has 0 radical (unpaired) electrons. The minimum absolute atomic E-state index is 0.0604. The second kappa shape index (κ2) is 5.55. The molecule has 4 heteroatoms. The number of thioether (sulfide) groups is 1. The molecule has 1 N–H and O–H groups in total. The molecule has 1 aromatic carbocycles. The summed E-state index contributed by atoms with van der Waals surface area (Å²) in [5.74, 6) is 0.768. The highest BCUT2D eigenvalue weighted by molar-refractivity contribution is 8.01. The third kappa shape index (κ3) is 2.65. The fourth-order valence-electron chi connectivity index (χ4n) is 2.97. The lowest BCUT2D eigenvalue weighted by Crippen LogP contribution is -2.36. The lowest BCUT2D eigenvalue weighted by atomic mass is 10.1. The van der Waals surface area contributed by atoms with E-state index in [1.54, 1.807) is 11.8 Å². The van der Waals surface area contributed by atoms with Crippen molar-refractivity contribution >= 4 is 17.7 Å². The lowest BCUT2D eigenvalue weighted by Gasteiger charge is -2.20. The van der Waals surface area contributed by atoms with Crippen LogP contribution in [0.4, 0.5) is 0 Å². The molecule has 1 aromatic rings. The van der Waals surface area contributed by atoms with Gasteiger partial charge in [-0.25, -0.2) is 0 Å². The number of likely N-dealkylation sites (tertiary alicyclic amines) is 1. The Bertz CT molecular complexity index is 452. The Morgan fingerprint density at radius 3 is 3.05 bits per heavy atom. The standard InChI is InChI=1S/C15H19NO2S/c17-8-6-11-5-7-16(10-11)15(18)14-9-12-3-1-2-4-13(12)19-14/h1-4,11,14,17H,5-10H2. The average Bonchev–Trinajstić information content (AvgIpc) is 3.04. The van der Waals surface area contributed by atoms with Crippen LogP contribution in [-0.2, 0) is 11.2 Å². The van der Waals surface area contributed by atoms with E-state index in [4.69, 9.17) is 5.11 Å². The van der Waals surface area contributed by atoms with E-state index in [2.05, 4.69) is 12.1 Å². The van der Waals surface area contributed by atoms with Gasteiger partial charge in [-0.2, -0.15) is 0 Å². The molecular formula is C15H19NO2S. The Balaban J connectivity index is 1.61. The minimum atomic E-state index is 0.0604. The number of fused-ring (bicyclic) bond motifs is 1. The van der Waals surface area contributed by atoms with Crippen molar-refractivity contribution in [2.45, 2.75) is 29.4 Å². The van der Waals surface area contributed by atoms with Crippen molar-refractivity contribution in [3.63, 3.8) is 0 Å². The van der Waals surface area contributed by atoms with Gasteiger partial charge in [-0.05, 0) is 36.8 Å². The summed E-state index contributed by atoms with van der Waals surface area (Å²) < 4.78 is 0. The van der Waals surface area contributed by atoms with Crippen LogP contribution in [0.1, 0.15) is 18.4 Å². The Morgan fingerprint density at radius 1 is 1.42 bits per heavy atom. The predicted octanol–water partition coefficient (Wildman–Crippen LogP) is 1.93. The van der Waals surface area contributed by atoms with Gasteiger partial charge in [-0.15, -0.1) is 11.8 Å². The fourth-order valence-corrected chi connectivity index (χ4v) is 4.25. The molecule has 2 unspecified atom stereocenters. The Kier molecular flexibility index (Phi) is 3.80. The van der Waals surface area contributed by atoms with E-state index in [0.717, 1.165) is 32.4 Å². The maximum absolute atomic E-state index is 12.5. The Hall–Kier alpha value is -1.00. The molecule has 2 aliphatic heterocycles. The molecule has 0 spiro atoms. The number of aliphatic hydroxyl groups excluding tert-OH is 1. The maximum Gasteiger partial charge on any atom is 0.236 e. The number of carbonyl (C=O) groups excluding carboxylic acids is 1. The molecule has 0 bridgehead atoms. The van der Waals surface area contributed by atoms with Crippen LogP contribution in [0.2, 0.25) is 0 Å². The van der Waals surface area contributed by atoms with Gasteiger partial charge in [0.05, 0.1) is 5.25 Å². The summed E-state index contributed by atoms with van der Waals surface area (Å²) in [6, 6.07) is 8.30. The van der Waals surface area contributed by atoms with E-state index in [-0.39, 0.29) is 17.8 Å². The highest BCUT2D eigenvalue weighted by atomic mass is 32.2. The molecule has 2 atom stereocenters. The monoisotopic (exact) mass is 277 g/mol. The zero-order valence-electron chi connectivity index (χ0n) is 10.9. The maximum atomic E-state index is 12.5. The predicted molar refractivity (Wildman–Crippen MR) is 76.2 cm³/mol. The van der Waals surface area contributed by atoms with Crippen molar-refractivity contribution in [2.24, 2.45) is 5.92 Å². The van der Waals surface area contributed by atoms with Crippen LogP contribution in [-0.4, -0.2) is 40.9 Å². The van der Waals surface area contributed by atoms with Crippen LogP contribution in [0.15, 0.2) is 29.2 Å². The molecule has 2 aliphatic rings. The van der Waals surface area contributed by atoms with Gasteiger partial charge in [-0.3, -0.25) is 4.79 Å². The summed E-state index contributed by atoms with van der Waals surface area (Å²) in [6.07, 6.45) is 2.72. The van der Waals surface area contributed by atoms with E-state index in [1.165, 1.54) is 10.5 Å². The molecule has 2 heterocycles. The fraction of sp³-hybridized carbons (Fsp3) is 0.533. The van der Waals surface area contributed by atoms with Crippen LogP contribution in [0.5, 0.6) is 0 Å². The van der Waals surface area contributed by atoms with Gasteiger partial charge in [0.25, 0.3) is 0 Å². The summed E-state index contributed by atoms with van der Waals surface area (Å²) in [5.41, 5.74) is 1.30. The number of nitrogens with zero attached hydrogens (tertiary/aromatic N) is 1. The topological polar surface area (TPSA) is 40.5 Å². The number of hydrogen-bond acceptors (Lipinski definition) is 3. The first-order valence-electron chi connectivity index (χ1n) is 6.92. The number of amides is 1. The Morgan fingerprint density at radius 2 is 2.26 bits per heavy atom. The SMILES string of the molecule is O=C(C1Cc2ccccc2S1)N1CCC(CCO)C1. The van der Waals surface area contributed by atoms with Crippen LogP contribution < -0.4 is 0 Å². The van der Waals surface area contributed by atoms with E-state index < -0.39 is 0 Å². The molecular weight excluding hydrogens is 258 g/mol. The molecule has 0 aliphatic carbocycles. The first-order chi connectivity index (χ1) is 9.28. The van der Waals surface area contributed by atoms with Crippen molar-refractivity contribution in [3.05, 3.63) is 29.8 Å². The summed E-state index contributed by atoms with van der Waals surface area (Å²) in [5, 5.41) is 9.03. The number of rotatable bonds is 3. The molecule has 102 valence electrons. The zero-order valence-corrected chi connectivity index (χ0v) is 11.7. The third-order valence-corrected chi connectivity index (χ3v) is 5.36. The molecule has 3 rings (SSSR count). The molecule has 0 saturated carbocycles. The minimum Gasteiger partial charge on any atom is -0.396 e. The van der Waals surface area contributed by atoms with Crippen LogP contribution in [0.3, 0.4) is 0 Å². The van der Waals surface area contributed by atoms with Crippen molar-refractivity contribution in [1.82, 2.24) is 4.90 Å². The van der Waals surface area contributed by atoms with E-state index in [9.17, 15) is 4.79 Å². The van der Waals surface area contributed by atoms with Gasteiger partial charge in [0.15, 0.2) is 0 Å². The second-order valence-electron chi connectivity index (χ2n) is 5.37. The Labute approximate surface area is 118 Å². The normalized spacial score (nSPS) is 25.6. The zero-order chi connectivity index (χ0) is 13.2. The number of benzene rings is 1. The largest absolute Gasteiger partial charge is 0.396 e. The summed E-state index contributed by atoms with van der Waals surface area (Å²) in [7, 11) is 0. The molecule has 19 heavy (non-hydrogen) atoms. The molecule has 1 amide bonds. The van der Waals surface area contributed by atoms with Gasteiger partial charge >= 0.3 is 0 Å². The second-order valence-corrected chi connectivity index (χ2v) is 6.61. The van der Waals surface area contributed by atoms with Crippen LogP contribution in [0, 0.1) is 5.92 Å². The number of hydrogen-bond donors (Lipinski definition) is 1.